The molecule has 2 N–H and O–H groups in total. The minimum atomic E-state index is -0.240. The zero-order chi connectivity index (χ0) is 11.4. The van der Waals surface area contributed by atoms with Crippen LogP contribution in [0.4, 0.5) is 0 Å². The highest BCUT2D eigenvalue weighted by molar-refractivity contribution is 5.81. The Morgan fingerprint density at radius 1 is 1.47 bits per heavy atom. The number of β-amino-alcohol motifs (C(OH)–C–C–N with tert-alkyl or cyclic N) is 1. The molecule has 4 nitrogen and oxygen atoms in total. The van der Waals surface area contributed by atoms with Crippen molar-refractivity contribution in [3.63, 3.8) is 0 Å². The highest BCUT2D eigenvalue weighted by Gasteiger charge is 2.31. The summed E-state index contributed by atoms with van der Waals surface area (Å²) in [7, 11) is 0. The number of amides is 1. The van der Waals surface area contributed by atoms with Crippen LogP contribution in [-0.4, -0.2) is 47.7 Å². The van der Waals surface area contributed by atoms with E-state index in [1.807, 2.05) is 11.8 Å². The van der Waals surface area contributed by atoms with Gasteiger partial charge in [-0.25, -0.2) is 0 Å². The molecule has 0 aromatic carbocycles. The van der Waals surface area contributed by atoms with E-state index in [1.54, 1.807) is 0 Å². The van der Waals surface area contributed by atoms with Gasteiger partial charge in [-0.3, -0.25) is 9.69 Å². The van der Waals surface area contributed by atoms with Gasteiger partial charge in [0.1, 0.15) is 0 Å². The van der Waals surface area contributed by atoms with E-state index in [2.05, 4.69) is 19.2 Å². The van der Waals surface area contributed by atoms with Crippen molar-refractivity contribution in [3.05, 3.63) is 0 Å². The maximum absolute atomic E-state index is 11.6. The van der Waals surface area contributed by atoms with Gasteiger partial charge in [0.15, 0.2) is 0 Å². The maximum atomic E-state index is 11.6. The molecule has 1 saturated heterocycles. The number of nitrogens with zero attached hydrogens (tertiary/aromatic N) is 1. The van der Waals surface area contributed by atoms with E-state index in [1.165, 1.54) is 0 Å². The van der Waals surface area contributed by atoms with Crippen molar-refractivity contribution in [2.24, 2.45) is 5.92 Å². The smallest absolute Gasteiger partial charge is 0.237 e. The molecular weight excluding hydrogens is 192 g/mol. The van der Waals surface area contributed by atoms with Crippen LogP contribution in [0.3, 0.4) is 0 Å². The largest absolute Gasteiger partial charge is 0.390 e. The molecule has 1 heterocycles. The minimum absolute atomic E-state index is 0.0718. The molecule has 1 unspecified atom stereocenters. The van der Waals surface area contributed by atoms with Crippen molar-refractivity contribution in [1.82, 2.24) is 10.2 Å². The van der Waals surface area contributed by atoms with E-state index in [-0.39, 0.29) is 18.1 Å². The van der Waals surface area contributed by atoms with E-state index < -0.39 is 0 Å². The lowest BCUT2D eigenvalue weighted by Gasteiger charge is -2.39. The van der Waals surface area contributed by atoms with E-state index in [0.29, 0.717) is 19.0 Å². The Balaban J connectivity index is 2.16. The predicted molar refractivity (Wildman–Crippen MR) is 59.5 cm³/mol. The molecule has 1 aliphatic rings. The lowest BCUT2D eigenvalue weighted by molar-refractivity contribution is -0.130. The number of carbonyl (C=O) groups is 1. The summed E-state index contributed by atoms with van der Waals surface area (Å²) >= 11 is 0. The van der Waals surface area contributed by atoms with E-state index in [0.717, 1.165) is 13.0 Å². The SMILES string of the molecule is CC(C)CCNC(=O)C(C)N1CC(O)C1. The van der Waals surface area contributed by atoms with E-state index in [9.17, 15) is 4.79 Å². The Bertz CT molecular complexity index is 213. The van der Waals surface area contributed by atoms with Crippen molar-refractivity contribution in [1.29, 1.82) is 0 Å². The van der Waals surface area contributed by atoms with Gasteiger partial charge in [-0.15, -0.1) is 0 Å². The molecule has 0 aliphatic carbocycles. The summed E-state index contributed by atoms with van der Waals surface area (Å²) in [4.78, 5) is 13.6. The van der Waals surface area contributed by atoms with Crippen LogP contribution in [0, 0.1) is 5.92 Å². The molecule has 4 heteroatoms. The maximum Gasteiger partial charge on any atom is 0.237 e. The summed E-state index contributed by atoms with van der Waals surface area (Å²) in [6.45, 7) is 8.16. The van der Waals surface area contributed by atoms with Crippen molar-refractivity contribution in [2.45, 2.75) is 39.3 Å². The van der Waals surface area contributed by atoms with Gasteiger partial charge in [0.05, 0.1) is 12.1 Å². The lowest BCUT2D eigenvalue weighted by atomic mass is 10.1. The number of rotatable bonds is 5. The fraction of sp³-hybridized carbons (Fsp3) is 0.909. The number of aliphatic hydroxyl groups excluding tert-OH is 1. The summed E-state index contributed by atoms with van der Waals surface area (Å²) in [5.41, 5.74) is 0. The number of aliphatic hydroxyl groups is 1. The second-order valence-electron chi connectivity index (χ2n) is 4.76. The summed E-state index contributed by atoms with van der Waals surface area (Å²) < 4.78 is 0. The number of carbonyl (C=O) groups excluding carboxylic acids is 1. The predicted octanol–water partition coefficient (Wildman–Crippen LogP) is 0.214. The molecule has 1 atom stereocenters. The van der Waals surface area contributed by atoms with Gasteiger partial charge in [-0.05, 0) is 19.3 Å². The Labute approximate surface area is 91.6 Å². The van der Waals surface area contributed by atoms with Crippen LogP contribution < -0.4 is 5.32 Å². The van der Waals surface area contributed by atoms with Gasteiger partial charge in [0, 0.05) is 19.6 Å². The number of nitrogens with one attached hydrogen (secondary N) is 1. The van der Waals surface area contributed by atoms with Crippen molar-refractivity contribution in [3.8, 4) is 0 Å². The van der Waals surface area contributed by atoms with Gasteiger partial charge < -0.3 is 10.4 Å². The van der Waals surface area contributed by atoms with Gasteiger partial charge in [0.25, 0.3) is 0 Å². The highest BCUT2D eigenvalue weighted by Crippen LogP contribution is 2.11. The van der Waals surface area contributed by atoms with Crippen LogP contribution >= 0.6 is 0 Å². The molecule has 0 aromatic heterocycles. The normalized spacial score (nSPS) is 20.1. The topological polar surface area (TPSA) is 52.6 Å². The van der Waals surface area contributed by atoms with Crippen LogP contribution in [0.5, 0.6) is 0 Å². The van der Waals surface area contributed by atoms with Crippen LogP contribution in [-0.2, 0) is 4.79 Å². The first kappa shape index (κ1) is 12.5. The summed E-state index contributed by atoms with van der Waals surface area (Å²) in [6.07, 6.45) is 0.775. The number of hydrogen-bond donors (Lipinski definition) is 2. The third-order valence-corrected chi connectivity index (χ3v) is 2.84. The molecule has 1 fully saturated rings. The number of hydrogen-bond acceptors (Lipinski definition) is 3. The summed E-state index contributed by atoms with van der Waals surface area (Å²) in [5.74, 6) is 0.689. The molecule has 1 aliphatic heterocycles. The van der Waals surface area contributed by atoms with Gasteiger partial charge >= 0.3 is 0 Å². The molecule has 0 spiro atoms. The van der Waals surface area contributed by atoms with Crippen molar-refractivity contribution in [2.75, 3.05) is 19.6 Å². The Kier molecular flexibility index (Phi) is 4.54. The molecule has 15 heavy (non-hydrogen) atoms. The third kappa shape index (κ3) is 3.80. The molecule has 0 radical (unpaired) electrons. The average molecular weight is 214 g/mol. The first-order valence-electron chi connectivity index (χ1n) is 5.70. The zero-order valence-electron chi connectivity index (χ0n) is 9.86. The lowest BCUT2D eigenvalue weighted by Crippen LogP contribution is -2.58. The molecule has 88 valence electrons. The van der Waals surface area contributed by atoms with Gasteiger partial charge in [0.2, 0.25) is 5.91 Å². The van der Waals surface area contributed by atoms with Gasteiger partial charge in [-0.1, -0.05) is 13.8 Å². The zero-order valence-corrected chi connectivity index (χ0v) is 9.86. The standard InChI is InChI=1S/C11H22N2O2/c1-8(2)4-5-12-11(15)9(3)13-6-10(14)7-13/h8-10,14H,4-7H2,1-3H3,(H,12,15). The third-order valence-electron chi connectivity index (χ3n) is 2.84. The monoisotopic (exact) mass is 214 g/mol. The fourth-order valence-corrected chi connectivity index (χ4v) is 1.60. The van der Waals surface area contributed by atoms with Crippen LogP contribution in [0.15, 0.2) is 0 Å². The van der Waals surface area contributed by atoms with Crippen molar-refractivity contribution < 1.29 is 9.90 Å². The van der Waals surface area contributed by atoms with Crippen LogP contribution in [0.1, 0.15) is 27.2 Å². The Morgan fingerprint density at radius 3 is 2.53 bits per heavy atom. The second kappa shape index (κ2) is 5.47. The fourth-order valence-electron chi connectivity index (χ4n) is 1.60. The van der Waals surface area contributed by atoms with E-state index in [4.69, 9.17) is 5.11 Å². The summed E-state index contributed by atoms with van der Waals surface area (Å²) in [6, 6.07) is -0.111. The summed E-state index contributed by atoms with van der Waals surface area (Å²) in [5, 5.41) is 12.0. The molecule has 0 aromatic rings. The molecule has 1 rings (SSSR count). The molecule has 1 amide bonds. The van der Waals surface area contributed by atoms with E-state index >= 15 is 0 Å². The number of likely N-dealkylation sites (tertiary alicyclic amines) is 1. The van der Waals surface area contributed by atoms with Crippen LogP contribution in [0.2, 0.25) is 0 Å². The first-order chi connectivity index (χ1) is 7.00. The molecule has 0 bridgehead atoms. The second-order valence-corrected chi connectivity index (χ2v) is 4.76. The highest BCUT2D eigenvalue weighted by atomic mass is 16.3. The minimum Gasteiger partial charge on any atom is -0.390 e. The first-order valence-corrected chi connectivity index (χ1v) is 5.70. The molecular formula is C11H22N2O2. The Hall–Kier alpha value is -0.610. The van der Waals surface area contributed by atoms with Crippen molar-refractivity contribution >= 4 is 5.91 Å². The Morgan fingerprint density at radius 2 is 2.07 bits per heavy atom. The average Bonchev–Trinajstić information content (AvgIpc) is 2.11. The quantitative estimate of drug-likeness (QED) is 0.688. The van der Waals surface area contributed by atoms with Crippen LogP contribution in [0.25, 0.3) is 0 Å². The molecule has 0 saturated carbocycles. The van der Waals surface area contributed by atoms with Gasteiger partial charge in [-0.2, -0.15) is 0 Å².